The van der Waals surface area contributed by atoms with Gasteiger partial charge in [0.25, 0.3) is 5.91 Å². The average molecular weight is 474 g/mol. The summed E-state index contributed by atoms with van der Waals surface area (Å²) in [7, 11) is 0. The van der Waals surface area contributed by atoms with Crippen LogP contribution in [0.25, 0.3) is 0 Å². The molecule has 0 radical (unpaired) electrons. The van der Waals surface area contributed by atoms with Crippen molar-refractivity contribution in [3.63, 3.8) is 0 Å². The molecule has 1 saturated heterocycles. The highest BCUT2D eigenvalue weighted by molar-refractivity contribution is 5.97. The van der Waals surface area contributed by atoms with E-state index in [1.165, 1.54) is 0 Å². The number of carbonyl (C=O) groups excluding carboxylic acids is 1. The number of benzene rings is 3. The van der Waals surface area contributed by atoms with E-state index >= 15 is 0 Å². The van der Waals surface area contributed by atoms with Crippen LogP contribution in [0.5, 0.6) is 11.5 Å². The second kappa shape index (κ2) is 10.7. The van der Waals surface area contributed by atoms with Gasteiger partial charge in [-0.15, -0.1) is 0 Å². The monoisotopic (exact) mass is 473 g/mol. The summed E-state index contributed by atoms with van der Waals surface area (Å²) in [5.74, 6) is 0.0307. The number of rotatable bonds is 8. The number of amides is 1. The van der Waals surface area contributed by atoms with Gasteiger partial charge in [-0.05, 0) is 68.5 Å². The second-order valence-corrected chi connectivity index (χ2v) is 9.15. The van der Waals surface area contributed by atoms with Gasteiger partial charge in [0.15, 0.2) is 0 Å². The number of aliphatic carboxylic acids is 1. The molecular weight excluding hydrogens is 442 g/mol. The number of carboxylic acids is 1. The Morgan fingerprint density at radius 3 is 2.29 bits per heavy atom. The number of nitrogens with one attached hydrogen (secondary N) is 1. The highest BCUT2D eigenvalue weighted by Crippen LogP contribution is 2.34. The molecule has 3 aromatic carbocycles. The van der Waals surface area contributed by atoms with Crippen molar-refractivity contribution in [2.75, 3.05) is 13.2 Å². The molecule has 1 amide bonds. The van der Waals surface area contributed by atoms with Gasteiger partial charge in [-0.2, -0.15) is 0 Å². The maximum Gasteiger partial charge on any atom is 0.303 e. The Kier molecular flexibility index (Phi) is 7.51. The molecule has 0 aliphatic carbocycles. The first-order chi connectivity index (χ1) is 16.8. The minimum Gasteiger partial charge on any atom is -0.481 e. The summed E-state index contributed by atoms with van der Waals surface area (Å²) >= 11 is 0. The number of hydrogen-bond donors (Lipinski definition) is 2. The van der Waals surface area contributed by atoms with Crippen LogP contribution in [0, 0.1) is 13.8 Å². The van der Waals surface area contributed by atoms with Gasteiger partial charge in [0.2, 0.25) is 0 Å². The fourth-order valence-corrected chi connectivity index (χ4v) is 4.66. The quantitative estimate of drug-likeness (QED) is 0.448. The summed E-state index contributed by atoms with van der Waals surface area (Å²) in [4.78, 5) is 25.0. The normalized spacial score (nSPS) is 14.8. The highest BCUT2D eigenvalue weighted by Gasteiger charge is 2.37. The molecule has 35 heavy (non-hydrogen) atoms. The minimum atomic E-state index is -0.905. The molecular formula is C29H31NO5. The topological polar surface area (TPSA) is 84.9 Å². The van der Waals surface area contributed by atoms with Gasteiger partial charge >= 0.3 is 5.97 Å². The first-order valence-corrected chi connectivity index (χ1v) is 11.9. The van der Waals surface area contributed by atoms with E-state index in [0.717, 1.165) is 16.7 Å². The molecule has 1 aliphatic rings. The number of carboxylic acid groups (broad SMARTS) is 1. The Bertz CT molecular complexity index is 1180. The summed E-state index contributed by atoms with van der Waals surface area (Å²) in [5, 5.41) is 12.5. The predicted molar refractivity (Wildman–Crippen MR) is 134 cm³/mol. The highest BCUT2D eigenvalue weighted by atomic mass is 16.5. The van der Waals surface area contributed by atoms with Crippen LogP contribution < -0.4 is 10.1 Å². The predicted octanol–water partition coefficient (Wildman–Crippen LogP) is 5.55. The third-order valence-corrected chi connectivity index (χ3v) is 6.39. The van der Waals surface area contributed by atoms with Gasteiger partial charge in [-0.1, -0.05) is 53.6 Å². The Hall–Kier alpha value is -3.64. The Balaban J connectivity index is 1.69. The van der Waals surface area contributed by atoms with E-state index < -0.39 is 11.5 Å². The third-order valence-electron chi connectivity index (χ3n) is 6.39. The summed E-state index contributed by atoms with van der Waals surface area (Å²) in [6.07, 6.45) is 1.51. The molecule has 0 unspecified atom stereocenters. The number of para-hydroxylation sites is 1. The lowest BCUT2D eigenvalue weighted by Crippen LogP contribution is -2.49. The zero-order valence-corrected chi connectivity index (χ0v) is 20.2. The second-order valence-electron chi connectivity index (χ2n) is 9.15. The van der Waals surface area contributed by atoms with Crippen LogP contribution >= 0.6 is 0 Å². The maximum atomic E-state index is 13.8. The molecule has 0 atom stereocenters. The van der Waals surface area contributed by atoms with Gasteiger partial charge in [0.05, 0.1) is 5.54 Å². The fraction of sp³-hybridized carbons (Fsp3) is 0.310. The van der Waals surface area contributed by atoms with Crippen molar-refractivity contribution in [1.29, 1.82) is 0 Å². The van der Waals surface area contributed by atoms with Crippen molar-refractivity contribution in [2.45, 2.75) is 45.1 Å². The van der Waals surface area contributed by atoms with Crippen molar-refractivity contribution in [3.8, 4) is 11.5 Å². The molecule has 182 valence electrons. The van der Waals surface area contributed by atoms with Gasteiger partial charge in [-0.25, -0.2) is 0 Å². The Morgan fingerprint density at radius 1 is 0.943 bits per heavy atom. The van der Waals surface area contributed by atoms with E-state index in [1.54, 1.807) is 18.2 Å². The zero-order valence-electron chi connectivity index (χ0n) is 20.2. The third kappa shape index (κ3) is 6.08. The summed E-state index contributed by atoms with van der Waals surface area (Å²) in [6.45, 7) is 5.21. The molecule has 2 N–H and O–H groups in total. The number of ether oxygens (including phenoxy) is 2. The van der Waals surface area contributed by atoms with Crippen LogP contribution in [0.2, 0.25) is 0 Å². The van der Waals surface area contributed by atoms with E-state index in [0.29, 0.717) is 48.7 Å². The first-order valence-electron chi connectivity index (χ1n) is 11.9. The zero-order chi connectivity index (χ0) is 24.8. The van der Waals surface area contributed by atoms with Gasteiger partial charge in [0, 0.05) is 25.2 Å². The minimum absolute atomic E-state index is 0.0603. The van der Waals surface area contributed by atoms with Crippen molar-refractivity contribution in [3.05, 3.63) is 94.5 Å². The van der Waals surface area contributed by atoms with E-state index in [2.05, 4.69) is 37.4 Å². The molecule has 1 aliphatic heterocycles. The molecule has 0 bridgehead atoms. The van der Waals surface area contributed by atoms with Crippen LogP contribution in [-0.4, -0.2) is 30.2 Å². The van der Waals surface area contributed by atoms with Crippen LogP contribution in [0.4, 0.5) is 0 Å². The SMILES string of the molecule is Cc1cc(C)cc(C2(NC(=O)c3cc(Oc4ccccc4)ccc3CCC(=O)O)CCOCC2)c1. The lowest BCUT2D eigenvalue weighted by atomic mass is 9.81. The largest absolute Gasteiger partial charge is 0.481 e. The van der Waals surface area contributed by atoms with Crippen molar-refractivity contribution >= 4 is 11.9 Å². The molecule has 1 heterocycles. The summed E-state index contributed by atoms with van der Waals surface area (Å²) in [5.41, 5.74) is 3.88. The molecule has 1 fully saturated rings. The molecule has 0 spiro atoms. The number of carbonyl (C=O) groups is 2. The fourth-order valence-electron chi connectivity index (χ4n) is 4.66. The van der Waals surface area contributed by atoms with E-state index in [9.17, 15) is 14.7 Å². The average Bonchev–Trinajstić information content (AvgIpc) is 2.83. The Labute approximate surface area is 205 Å². The lowest BCUT2D eigenvalue weighted by Gasteiger charge is -2.39. The molecule has 0 aromatic heterocycles. The lowest BCUT2D eigenvalue weighted by molar-refractivity contribution is -0.136. The van der Waals surface area contributed by atoms with E-state index in [1.807, 2.05) is 30.3 Å². The number of aryl methyl sites for hydroxylation is 3. The number of hydrogen-bond acceptors (Lipinski definition) is 4. The van der Waals surface area contributed by atoms with Gasteiger partial charge < -0.3 is 19.9 Å². The smallest absolute Gasteiger partial charge is 0.303 e. The van der Waals surface area contributed by atoms with Crippen LogP contribution in [0.15, 0.2) is 66.7 Å². The molecule has 4 rings (SSSR count). The first kappa shape index (κ1) is 24.5. The Morgan fingerprint density at radius 2 is 1.63 bits per heavy atom. The molecule has 6 heteroatoms. The van der Waals surface area contributed by atoms with E-state index in [4.69, 9.17) is 9.47 Å². The standard InChI is InChI=1S/C29H31NO5/c1-20-16-21(2)18-23(17-20)29(12-14-34-15-13-29)30-28(33)26-19-25(35-24-6-4-3-5-7-24)10-8-22(26)9-11-27(31)32/h3-8,10,16-19H,9,11-15H2,1-2H3,(H,30,33)(H,31,32). The van der Waals surface area contributed by atoms with Crippen LogP contribution in [-0.2, 0) is 21.5 Å². The van der Waals surface area contributed by atoms with Gasteiger partial charge in [0.1, 0.15) is 11.5 Å². The van der Waals surface area contributed by atoms with Crippen molar-refractivity contribution < 1.29 is 24.2 Å². The maximum absolute atomic E-state index is 13.8. The molecule has 3 aromatic rings. The van der Waals surface area contributed by atoms with E-state index in [-0.39, 0.29) is 18.7 Å². The van der Waals surface area contributed by atoms with Crippen molar-refractivity contribution in [1.82, 2.24) is 5.32 Å². The molecule has 6 nitrogen and oxygen atoms in total. The summed E-state index contributed by atoms with van der Waals surface area (Å²) < 4.78 is 11.6. The van der Waals surface area contributed by atoms with Crippen LogP contribution in [0.1, 0.15) is 51.9 Å². The van der Waals surface area contributed by atoms with Crippen molar-refractivity contribution in [2.24, 2.45) is 0 Å². The molecule has 0 saturated carbocycles. The summed E-state index contributed by atoms with van der Waals surface area (Å²) in [6, 6.07) is 21.0. The van der Waals surface area contributed by atoms with Gasteiger partial charge in [-0.3, -0.25) is 9.59 Å². The van der Waals surface area contributed by atoms with Crippen LogP contribution in [0.3, 0.4) is 0 Å².